The lowest BCUT2D eigenvalue weighted by atomic mass is 9.97. The van der Waals surface area contributed by atoms with Gasteiger partial charge in [0.1, 0.15) is 5.75 Å². The first kappa shape index (κ1) is 16.3. The topological polar surface area (TPSA) is 90.7 Å². The molecule has 2 rings (SSSR count). The zero-order valence-electron chi connectivity index (χ0n) is 12.8. The van der Waals surface area contributed by atoms with Crippen LogP contribution in [-0.4, -0.2) is 19.0 Å². The molecule has 2 aromatic rings. The first-order valence-electron chi connectivity index (χ1n) is 7.11. The van der Waals surface area contributed by atoms with Gasteiger partial charge in [-0.1, -0.05) is 54.6 Å². The largest absolute Gasteiger partial charge is 0.497 e. The van der Waals surface area contributed by atoms with Crippen LogP contribution < -0.4 is 16.2 Å². The number of benzene rings is 2. The summed E-state index contributed by atoms with van der Waals surface area (Å²) in [6.45, 7) is 0. The third-order valence-corrected chi connectivity index (χ3v) is 3.26. The molecule has 4 N–H and O–H groups in total. The second-order valence-electron chi connectivity index (χ2n) is 4.90. The summed E-state index contributed by atoms with van der Waals surface area (Å²) in [4.78, 5) is 15.9. The summed E-state index contributed by atoms with van der Waals surface area (Å²) >= 11 is 0. The van der Waals surface area contributed by atoms with E-state index in [0.29, 0.717) is 0 Å². The van der Waals surface area contributed by atoms with Crippen molar-refractivity contribution in [2.75, 3.05) is 7.11 Å². The Labute approximate surface area is 135 Å². The van der Waals surface area contributed by atoms with E-state index >= 15 is 0 Å². The maximum Gasteiger partial charge on any atom is 0.260 e. The van der Waals surface area contributed by atoms with Crippen molar-refractivity contribution >= 4 is 17.9 Å². The number of ether oxygens (including phenoxy) is 1. The molecule has 0 saturated heterocycles. The summed E-state index contributed by atoms with van der Waals surface area (Å²) in [6.07, 6.45) is 3.64. The molecule has 0 heterocycles. The van der Waals surface area contributed by atoms with E-state index in [1.165, 1.54) is 0 Å². The van der Waals surface area contributed by atoms with Crippen LogP contribution in [-0.2, 0) is 4.79 Å². The zero-order valence-corrected chi connectivity index (χ0v) is 12.8. The average molecular weight is 309 g/mol. The fourth-order valence-corrected chi connectivity index (χ4v) is 2.12. The third-order valence-electron chi connectivity index (χ3n) is 3.26. The fraction of sp³-hybridized carbons (Fsp3) is 0.111. The van der Waals surface area contributed by atoms with Crippen LogP contribution in [0.4, 0.5) is 0 Å². The summed E-state index contributed by atoms with van der Waals surface area (Å²) in [5, 5.41) is 0. The molecule has 0 fully saturated rings. The number of nitrogens with two attached hydrogens (primary N) is 2. The molecule has 1 atom stereocenters. The van der Waals surface area contributed by atoms with Crippen LogP contribution in [0.15, 0.2) is 65.7 Å². The van der Waals surface area contributed by atoms with E-state index < -0.39 is 11.8 Å². The first-order valence-corrected chi connectivity index (χ1v) is 7.11. The molecule has 0 aliphatic rings. The minimum Gasteiger partial charge on any atom is -0.497 e. The van der Waals surface area contributed by atoms with Crippen molar-refractivity contribution in [2.45, 2.75) is 5.92 Å². The van der Waals surface area contributed by atoms with E-state index in [1.54, 1.807) is 13.2 Å². The van der Waals surface area contributed by atoms with Gasteiger partial charge in [0.15, 0.2) is 5.96 Å². The van der Waals surface area contributed by atoms with Crippen molar-refractivity contribution in [2.24, 2.45) is 16.5 Å². The minimum atomic E-state index is -0.541. The molecule has 0 bridgehead atoms. The average Bonchev–Trinajstić information content (AvgIpc) is 2.56. The maximum absolute atomic E-state index is 12.3. The monoisotopic (exact) mass is 309 g/mol. The van der Waals surface area contributed by atoms with Gasteiger partial charge in [0.2, 0.25) is 0 Å². The number of carbonyl (C=O) groups excluding carboxylic acids is 1. The number of guanidine groups is 1. The normalized spacial score (nSPS) is 11.9. The molecule has 0 spiro atoms. The van der Waals surface area contributed by atoms with Gasteiger partial charge in [0, 0.05) is 0 Å². The second kappa shape index (κ2) is 7.79. The SMILES string of the molecule is COc1ccc(/C=C/C(C(=O)N=C(N)N)c2ccccc2)cc1. The van der Waals surface area contributed by atoms with E-state index in [4.69, 9.17) is 16.2 Å². The summed E-state index contributed by atoms with van der Waals surface area (Å²) in [6, 6.07) is 16.9. The highest BCUT2D eigenvalue weighted by atomic mass is 16.5. The number of rotatable bonds is 5. The van der Waals surface area contributed by atoms with Gasteiger partial charge < -0.3 is 16.2 Å². The van der Waals surface area contributed by atoms with Gasteiger partial charge in [0.05, 0.1) is 13.0 Å². The Balaban J connectivity index is 2.28. The Kier molecular flexibility index (Phi) is 5.52. The summed E-state index contributed by atoms with van der Waals surface area (Å²) < 4.78 is 5.12. The molecule has 0 aromatic heterocycles. The van der Waals surface area contributed by atoms with Gasteiger partial charge in [-0.15, -0.1) is 0 Å². The molecule has 0 aliphatic carbocycles. The predicted octanol–water partition coefficient (Wildman–Crippen LogP) is 2.29. The summed E-state index contributed by atoms with van der Waals surface area (Å²) in [5.74, 6) is -0.409. The number of methoxy groups -OCH3 is 1. The Morgan fingerprint density at radius 3 is 2.30 bits per heavy atom. The summed E-state index contributed by atoms with van der Waals surface area (Å²) in [5.41, 5.74) is 12.4. The first-order chi connectivity index (χ1) is 11.1. The standard InChI is InChI=1S/C18H19N3O2/c1-23-15-10-7-13(8-11-15)9-12-16(17(22)21-18(19)20)14-5-3-2-4-6-14/h2-12,16H,1H3,(H4,19,20,21,22)/b12-9+. The van der Waals surface area contributed by atoms with Crippen molar-refractivity contribution in [1.82, 2.24) is 0 Å². The molecule has 0 saturated carbocycles. The maximum atomic E-state index is 12.3. The number of hydrogen-bond acceptors (Lipinski definition) is 2. The fourth-order valence-electron chi connectivity index (χ4n) is 2.12. The third kappa shape index (κ3) is 4.71. The Bertz CT molecular complexity index is 703. The molecule has 23 heavy (non-hydrogen) atoms. The zero-order chi connectivity index (χ0) is 16.7. The predicted molar refractivity (Wildman–Crippen MR) is 92.0 cm³/mol. The molecule has 118 valence electrons. The van der Waals surface area contributed by atoms with Gasteiger partial charge in [-0.25, -0.2) is 0 Å². The molecule has 1 amide bonds. The molecule has 0 aliphatic heterocycles. The van der Waals surface area contributed by atoms with E-state index in [2.05, 4.69) is 4.99 Å². The lowest BCUT2D eigenvalue weighted by molar-refractivity contribution is -0.118. The van der Waals surface area contributed by atoms with E-state index in [9.17, 15) is 4.79 Å². The van der Waals surface area contributed by atoms with Crippen molar-refractivity contribution in [3.63, 3.8) is 0 Å². The molecule has 0 radical (unpaired) electrons. The number of amides is 1. The molecule has 5 heteroatoms. The highest BCUT2D eigenvalue weighted by Gasteiger charge is 2.17. The molecule has 1 unspecified atom stereocenters. The highest BCUT2D eigenvalue weighted by molar-refractivity contribution is 5.96. The second-order valence-corrected chi connectivity index (χ2v) is 4.90. The molecule has 5 nitrogen and oxygen atoms in total. The van der Waals surface area contributed by atoms with Crippen molar-refractivity contribution in [3.05, 3.63) is 71.8 Å². The Hall–Kier alpha value is -3.08. The van der Waals surface area contributed by atoms with E-state index in [-0.39, 0.29) is 5.96 Å². The summed E-state index contributed by atoms with van der Waals surface area (Å²) in [7, 11) is 1.62. The van der Waals surface area contributed by atoms with Gasteiger partial charge in [0.25, 0.3) is 5.91 Å². The van der Waals surface area contributed by atoms with Crippen LogP contribution >= 0.6 is 0 Å². The minimum absolute atomic E-state index is 0.242. The van der Waals surface area contributed by atoms with Gasteiger partial charge in [-0.2, -0.15) is 4.99 Å². The van der Waals surface area contributed by atoms with E-state index in [1.807, 2.05) is 60.7 Å². The lowest BCUT2D eigenvalue weighted by Crippen LogP contribution is -2.25. The lowest BCUT2D eigenvalue weighted by Gasteiger charge is -2.09. The molecule has 2 aromatic carbocycles. The van der Waals surface area contributed by atoms with E-state index in [0.717, 1.165) is 16.9 Å². The van der Waals surface area contributed by atoms with Gasteiger partial charge >= 0.3 is 0 Å². The van der Waals surface area contributed by atoms with Crippen LogP contribution in [0, 0.1) is 0 Å². The molecular weight excluding hydrogens is 290 g/mol. The van der Waals surface area contributed by atoms with Gasteiger partial charge in [-0.3, -0.25) is 4.79 Å². The number of aliphatic imine (C=N–C) groups is 1. The molecular formula is C18H19N3O2. The Morgan fingerprint density at radius 2 is 1.74 bits per heavy atom. The highest BCUT2D eigenvalue weighted by Crippen LogP contribution is 2.21. The Morgan fingerprint density at radius 1 is 1.09 bits per heavy atom. The van der Waals surface area contributed by atoms with Crippen LogP contribution in [0.3, 0.4) is 0 Å². The van der Waals surface area contributed by atoms with Crippen molar-refractivity contribution < 1.29 is 9.53 Å². The number of carbonyl (C=O) groups is 1. The van der Waals surface area contributed by atoms with Crippen molar-refractivity contribution in [1.29, 1.82) is 0 Å². The smallest absolute Gasteiger partial charge is 0.260 e. The van der Waals surface area contributed by atoms with Gasteiger partial charge in [-0.05, 0) is 23.3 Å². The van der Waals surface area contributed by atoms with Crippen LogP contribution in [0.25, 0.3) is 6.08 Å². The van der Waals surface area contributed by atoms with Crippen LogP contribution in [0.1, 0.15) is 17.0 Å². The van der Waals surface area contributed by atoms with Crippen molar-refractivity contribution in [3.8, 4) is 5.75 Å². The van der Waals surface area contributed by atoms with Crippen LogP contribution in [0.5, 0.6) is 5.75 Å². The quantitative estimate of drug-likeness (QED) is 0.655. The number of nitrogens with zero attached hydrogens (tertiary/aromatic N) is 1. The number of hydrogen-bond donors (Lipinski definition) is 2. The van der Waals surface area contributed by atoms with Crippen LogP contribution in [0.2, 0.25) is 0 Å².